The zero-order valence-corrected chi connectivity index (χ0v) is 25.5. The zero-order chi connectivity index (χ0) is 23.0. The van der Waals surface area contributed by atoms with Crippen molar-refractivity contribution in [1.82, 2.24) is 9.56 Å². The quantitative estimate of drug-likeness (QED) is 0.164. The van der Waals surface area contributed by atoms with Crippen LogP contribution in [-0.4, -0.2) is 32.2 Å². The average Bonchev–Trinajstić information content (AvgIpc) is 2.70. The Kier molecular flexibility index (Phi) is 11.3. The third kappa shape index (κ3) is 9.31. The van der Waals surface area contributed by atoms with E-state index >= 15 is 0 Å². The van der Waals surface area contributed by atoms with Crippen molar-refractivity contribution in [3.8, 4) is 10.6 Å². The van der Waals surface area contributed by atoms with Gasteiger partial charge < -0.3 is 4.90 Å². The summed E-state index contributed by atoms with van der Waals surface area (Å²) in [6.07, 6.45) is 4.96. The second-order valence-corrected chi connectivity index (χ2v) is 36.5. The fourth-order valence-electron chi connectivity index (χ4n) is 3.14. The van der Waals surface area contributed by atoms with Crippen molar-refractivity contribution >= 4 is 66.0 Å². The van der Waals surface area contributed by atoms with Crippen molar-refractivity contribution in [3.05, 3.63) is 41.8 Å². The molecule has 3 rings (SSSR count). The van der Waals surface area contributed by atoms with Crippen LogP contribution in [0.3, 0.4) is 0 Å². The first-order valence-electron chi connectivity index (χ1n) is 10.8. The van der Waals surface area contributed by atoms with E-state index in [1.165, 1.54) is 46.3 Å². The van der Waals surface area contributed by atoms with Crippen LogP contribution in [0.5, 0.6) is 0 Å². The van der Waals surface area contributed by atoms with Gasteiger partial charge in [-0.25, -0.2) is 9.56 Å². The Morgan fingerprint density at radius 1 is 0.935 bits per heavy atom. The first-order chi connectivity index (χ1) is 14.6. The Hall–Kier alpha value is -0.157. The van der Waals surface area contributed by atoms with Crippen molar-refractivity contribution in [3.63, 3.8) is 0 Å². The van der Waals surface area contributed by atoms with Crippen molar-refractivity contribution in [2.75, 3.05) is 32.1 Å². The van der Waals surface area contributed by atoms with E-state index in [2.05, 4.69) is 73.8 Å². The topological polar surface area (TPSA) is 19.1 Å². The van der Waals surface area contributed by atoms with E-state index in [0.29, 0.717) is 0 Å². The van der Waals surface area contributed by atoms with Gasteiger partial charge in [0.2, 0.25) is 5.36 Å². The van der Waals surface area contributed by atoms with Crippen LogP contribution in [-0.2, 0) is 10.8 Å². The summed E-state index contributed by atoms with van der Waals surface area (Å²) in [6.45, 7) is 6.80. The minimum atomic E-state index is -3.36. The zero-order valence-electron chi connectivity index (χ0n) is 18.7. The molecule has 0 fully saturated rings. The Labute approximate surface area is 209 Å². The predicted octanol–water partition coefficient (Wildman–Crippen LogP) is 7.60. The molecule has 0 bridgehead atoms. The van der Waals surface area contributed by atoms with Gasteiger partial charge in [-0.05, 0) is 37.1 Å². The Morgan fingerprint density at radius 2 is 1.55 bits per heavy atom. The van der Waals surface area contributed by atoms with Crippen LogP contribution in [0.1, 0.15) is 39.5 Å². The molecule has 170 valence electrons. The summed E-state index contributed by atoms with van der Waals surface area (Å²) in [4.78, 5) is 8.66. The second-order valence-electron chi connectivity index (χ2n) is 7.71. The molecule has 0 spiro atoms. The van der Waals surface area contributed by atoms with Crippen molar-refractivity contribution in [2.24, 2.45) is 0 Å². The van der Waals surface area contributed by atoms with Crippen LogP contribution in [0.2, 0.25) is 0 Å². The molecule has 0 saturated carbocycles. The monoisotopic (exact) mass is 572 g/mol. The van der Waals surface area contributed by atoms with Gasteiger partial charge in [0.25, 0.3) is 0 Å². The molecule has 0 atom stereocenters. The first kappa shape index (κ1) is 27.1. The minimum absolute atomic E-state index is 1.08. The van der Waals surface area contributed by atoms with Crippen LogP contribution in [0, 0.1) is 0 Å². The molecule has 0 radical (unpaired) electrons. The molecule has 0 unspecified atom stereocenters. The molecule has 1 aromatic rings. The Morgan fingerprint density at radius 3 is 2.10 bits per heavy atom. The van der Waals surface area contributed by atoms with E-state index in [0.717, 1.165) is 24.3 Å². The summed E-state index contributed by atoms with van der Waals surface area (Å²) in [7, 11) is 21.0. The Balaban J connectivity index is 0.000000614. The molecule has 2 aliphatic rings. The van der Waals surface area contributed by atoms with E-state index < -0.39 is 10.8 Å². The van der Waals surface area contributed by atoms with E-state index in [4.69, 9.17) is 43.7 Å². The number of nitrogens with zero attached hydrogens (tertiary/aromatic N) is 3. The summed E-state index contributed by atoms with van der Waals surface area (Å²) in [5.74, 6) is 0. The van der Waals surface area contributed by atoms with Gasteiger partial charge in [-0.3, -0.25) is 0 Å². The molecule has 3 nitrogen and oxygen atoms in total. The van der Waals surface area contributed by atoms with E-state index in [1.54, 1.807) is 0 Å². The van der Waals surface area contributed by atoms with Gasteiger partial charge in [0.1, 0.15) is 14.1 Å². The van der Waals surface area contributed by atoms with Crippen molar-refractivity contribution in [1.29, 1.82) is 0 Å². The number of hydrogen-bond acceptors (Lipinski definition) is 3. The summed E-state index contributed by atoms with van der Waals surface area (Å²) in [5.41, 5.74) is 3.50. The van der Waals surface area contributed by atoms with Crippen molar-refractivity contribution < 1.29 is 10.8 Å². The van der Waals surface area contributed by atoms with Gasteiger partial charge in [0.05, 0.1) is 20.8 Å². The number of anilines is 1. The van der Waals surface area contributed by atoms with Crippen LogP contribution < -0.4 is 14.8 Å². The fourth-order valence-corrected chi connectivity index (χ4v) is 4.18. The van der Waals surface area contributed by atoms with Crippen LogP contribution >= 0.6 is 50.1 Å². The van der Waals surface area contributed by atoms with Gasteiger partial charge in [-0.1, -0.05) is 26.7 Å². The number of unbranched alkanes of at least 4 members (excludes halogenated alkanes) is 2. The number of fused-ring (bicyclic) bond motifs is 2. The molecule has 31 heavy (non-hydrogen) atoms. The molecule has 0 saturated heterocycles. The van der Waals surface area contributed by atoms with Gasteiger partial charge in [0, 0.05) is 30.9 Å². The van der Waals surface area contributed by atoms with E-state index in [1.807, 2.05) is 11.3 Å². The standard InChI is InChI=1S/C22H30N3S.4ClH.Zn/c1-5-7-13-25(14-8-6-2)18-10-12-20-22(16-18)26-21-15-17(24(3)4)9-11-19(21)23-20;;;;;/h9-12,15-16H,5-8,13-14H2,1-4H3;4*1H;/q+1;;;;;+2/p-4. The van der Waals surface area contributed by atoms with Crippen molar-refractivity contribution in [2.45, 2.75) is 39.5 Å². The molecule has 1 heterocycles. The van der Waals surface area contributed by atoms with Crippen LogP contribution in [0.15, 0.2) is 36.4 Å². The third-order valence-electron chi connectivity index (χ3n) is 4.79. The molecular formula is C22H30Cl4N3SZn-. The third-order valence-corrected chi connectivity index (χ3v) is 5.89. The number of halogens is 4. The molecule has 0 aromatic heterocycles. The Bertz CT molecular complexity index is 1000. The molecule has 9 heteroatoms. The maximum atomic E-state index is 5.05. The van der Waals surface area contributed by atoms with Gasteiger partial charge in [-0.15, -0.1) is 11.3 Å². The molecule has 0 amide bonds. The number of hydrogen-bond donors (Lipinski definition) is 0. The van der Waals surface area contributed by atoms with Crippen LogP contribution in [0.4, 0.5) is 5.69 Å². The van der Waals surface area contributed by atoms with Gasteiger partial charge >= 0.3 is 49.6 Å². The summed E-state index contributed by atoms with van der Waals surface area (Å²) >= 11 is 1.85. The maximum absolute atomic E-state index is 5.05. The second kappa shape index (κ2) is 12.9. The number of benzene rings is 2. The van der Waals surface area contributed by atoms with Gasteiger partial charge in [-0.2, -0.15) is 0 Å². The molecule has 1 aliphatic carbocycles. The average molecular weight is 576 g/mol. The summed E-state index contributed by atoms with van der Waals surface area (Å²) in [6, 6.07) is 13.3. The SMILES string of the molecule is CCCCN(CCCC)c1ccc2nc3ccc(=[N+](C)C)cc-3sc2c1.[Cl][Zn-2]([Cl])([Cl])[Cl]. The molecule has 0 N–H and O–H groups in total. The van der Waals surface area contributed by atoms with Gasteiger partial charge in [0.15, 0.2) is 0 Å². The van der Waals surface area contributed by atoms with E-state index in [9.17, 15) is 0 Å². The molecule has 1 aromatic carbocycles. The summed E-state index contributed by atoms with van der Waals surface area (Å²) in [5, 5.41) is 1.22. The van der Waals surface area contributed by atoms with E-state index in [-0.39, 0.29) is 0 Å². The fraction of sp³-hybridized carbons (Fsp3) is 0.455. The van der Waals surface area contributed by atoms with Crippen LogP contribution in [0.25, 0.3) is 20.8 Å². The first-order valence-corrected chi connectivity index (χ1v) is 27.2. The normalized spacial score (nSPS) is 11.4. The molecule has 1 aliphatic heterocycles. The molecular weight excluding hydrogens is 546 g/mol. The summed E-state index contributed by atoms with van der Waals surface area (Å²) < 4.78 is 3.41. The number of rotatable bonds is 7. The predicted molar refractivity (Wildman–Crippen MR) is 139 cm³/mol. The number of aromatic nitrogens is 1.